The van der Waals surface area contributed by atoms with Gasteiger partial charge in [0.1, 0.15) is 5.82 Å². The third-order valence-electron chi connectivity index (χ3n) is 6.69. The highest BCUT2D eigenvalue weighted by Gasteiger charge is 2.20. The fourth-order valence-corrected chi connectivity index (χ4v) is 4.63. The van der Waals surface area contributed by atoms with Gasteiger partial charge < -0.3 is 20.7 Å². The minimum Gasteiger partial charge on any atom is -0.383 e. The molecule has 2 aromatic carbocycles. The standard InChI is InChI=1S/C29H35N7O2/c1-29(2,3)24-9-8-22(18-26(24)30-11-12-36-13-15-38-16-14-36)34-28(37)23-5-4-10-31-27(23)33-21-7-6-20-19-32-35-25(20)17-21/h4-10,17-19,30H,11-16H2,1-3H3,(H,31,33)(H,32,35)(H,34,37). The molecule has 198 valence electrons. The Labute approximate surface area is 223 Å². The molecule has 1 aliphatic rings. The number of anilines is 4. The summed E-state index contributed by atoms with van der Waals surface area (Å²) in [7, 11) is 0. The molecule has 0 saturated carbocycles. The van der Waals surface area contributed by atoms with Crippen LogP contribution in [0.3, 0.4) is 0 Å². The number of amides is 1. The summed E-state index contributed by atoms with van der Waals surface area (Å²) >= 11 is 0. The van der Waals surface area contributed by atoms with Gasteiger partial charge in [-0.3, -0.25) is 14.8 Å². The topological polar surface area (TPSA) is 107 Å². The molecule has 0 spiro atoms. The molecule has 0 bridgehead atoms. The Morgan fingerprint density at radius 3 is 2.71 bits per heavy atom. The van der Waals surface area contributed by atoms with E-state index in [1.54, 1.807) is 24.5 Å². The monoisotopic (exact) mass is 513 g/mol. The van der Waals surface area contributed by atoms with Crippen LogP contribution in [0.15, 0.2) is 60.9 Å². The molecule has 1 fully saturated rings. The van der Waals surface area contributed by atoms with Gasteiger partial charge in [-0.25, -0.2) is 4.98 Å². The Morgan fingerprint density at radius 2 is 1.89 bits per heavy atom. The predicted octanol–water partition coefficient (Wildman–Crippen LogP) is 5.00. The highest BCUT2D eigenvalue weighted by atomic mass is 16.5. The van der Waals surface area contributed by atoms with E-state index in [2.05, 4.69) is 62.9 Å². The molecule has 0 aliphatic carbocycles. The first kappa shape index (κ1) is 25.7. The quantitative estimate of drug-likeness (QED) is 0.263. The molecule has 9 nitrogen and oxygen atoms in total. The lowest BCUT2D eigenvalue weighted by molar-refractivity contribution is 0.0398. The van der Waals surface area contributed by atoms with Gasteiger partial charge in [-0.1, -0.05) is 26.8 Å². The number of pyridine rings is 1. The van der Waals surface area contributed by atoms with E-state index in [-0.39, 0.29) is 11.3 Å². The normalized spacial score (nSPS) is 14.4. The van der Waals surface area contributed by atoms with Crippen LogP contribution in [-0.2, 0) is 10.2 Å². The van der Waals surface area contributed by atoms with Crippen molar-refractivity contribution in [2.24, 2.45) is 0 Å². The van der Waals surface area contributed by atoms with Crippen molar-refractivity contribution in [2.75, 3.05) is 55.3 Å². The van der Waals surface area contributed by atoms with E-state index in [4.69, 9.17) is 4.74 Å². The Bertz CT molecular complexity index is 1400. The van der Waals surface area contributed by atoms with Crippen LogP contribution in [0, 0.1) is 0 Å². The molecule has 1 aliphatic heterocycles. The second-order valence-corrected chi connectivity index (χ2v) is 10.5. The first-order chi connectivity index (χ1) is 18.4. The molecule has 1 amide bonds. The number of aromatic amines is 1. The van der Waals surface area contributed by atoms with Crippen molar-refractivity contribution in [1.29, 1.82) is 0 Å². The Kier molecular flexibility index (Phi) is 7.57. The number of carbonyl (C=O) groups excluding carboxylic acids is 1. The van der Waals surface area contributed by atoms with Crippen LogP contribution in [0.1, 0.15) is 36.7 Å². The lowest BCUT2D eigenvalue weighted by Crippen LogP contribution is -2.39. The molecule has 4 aromatic rings. The zero-order valence-electron chi connectivity index (χ0n) is 22.2. The summed E-state index contributed by atoms with van der Waals surface area (Å²) in [5.74, 6) is 0.255. The zero-order valence-corrected chi connectivity index (χ0v) is 22.2. The summed E-state index contributed by atoms with van der Waals surface area (Å²) in [5.41, 5.74) is 5.10. The number of aromatic nitrogens is 3. The van der Waals surface area contributed by atoms with Crippen LogP contribution in [0.2, 0.25) is 0 Å². The van der Waals surface area contributed by atoms with Crippen molar-refractivity contribution in [3.8, 4) is 0 Å². The van der Waals surface area contributed by atoms with Crippen LogP contribution in [0.5, 0.6) is 0 Å². The maximum Gasteiger partial charge on any atom is 0.259 e. The van der Waals surface area contributed by atoms with E-state index in [0.29, 0.717) is 11.4 Å². The first-order valence-electron chi connectivity index (χ1n) is 13.0. The van der Waals surface area contributed by atoms with Crippen LogP contribution in [-0.4, -0.2) is 65.4 Å². The predicted molar refractivity (Wildman–Crippen MR) is 152 cm³/mol. The van der Waals surface area contributed by atoms with Gasteiger partial charge in [0, 0.05) is 54.8 Å². The molecular weight excluding hydrogens is 478 g/mol. The van der Waals surface area contributed by atoms with Crippen molar-refractivity contribution in [2.45, 2.75) is 26.2 Å². The molecule has 9 heteroatoms. The molecule has 0 radical (unpaired) electrons. The molecule has 4 N–H and O–H groups in total. The second-order valence-electron chi connectivity index (χ2n) is 10.5. The molecule has 3 heterocycles. The lowest BCUT2D eigenvalue weighted by Gasteiger charge is -2.28. The van der Waals surface area contributed by atoms with Crippen LogP contribution < -0.4 is 16.0 Å². The Morgan fingerprint density at radius 1 is 1.08 bits per heavy atom. The number of benzene rings is 2. The molecule has 38 heavy (non-hydrogen) atoms. The minimum absolute atomic E-state index is 0.0416. The SMILES string of the molecule is CC(C)(C)c1ccc(NC(=O)c2cccnc2Nc2ccc3cn[nH]c3c2)cc1NCCN1CCOCC1. The maximum absolute atomic E-state index is 13.4. The van der Waals surface area contributed by atoms with Crippen LogP contribution in [0.4, 0.5) is 22.9 Å². The van der Waals surface area contributed by atoms with Gasteiger partial charge in [0.25, 0.3) is 5.91 Å². The van der Waals surface area contributed by atoms with Crippen molar-refractivity contribution in [3.05, 3.63) is 72.1 Å². The molecule has 0 atom stereocenters. The van der Waals surface area contributed by atoms with E-state index in [0.717, 1.165) is 67.4 Å². The van der Waals surface area contributed by atoms with Gasteiger partial charge in [0.15, 0.2) is 0 Å². The summed E-state index contributed by atoms with van der Waals surface area (Å²) in [5, 5.41) is 18.0. The first-order valence-corrected chi connectivity index (χ1v) is 13.0. The second kappa shape index (κ2) is 11.2. The fraction of sp³-hybridized carbons (Fsp3) is 0.345. The van der Waals surface area contributed by atoms with E-state index < -0.39 is 0 Å². The summed E-state index contributed by atoms with van der Waals surface area (Å²) in [6, 6.07) is 15.5. The highest BCUT2D eigenvalue weighted by molar-refractivity contribution is 6.08. The number of nitrogens with zero attached hydrogens (tertiary/aromatic N) is 3. The lowest BCUT2D eigenvalue weighted by atomic mass is 9.85. The maximum atomic E-state index is 13.4. The number of H-pyrrole nitrogens is 1. The van der Waals surface area contributed by atoms with E-state index >= 15 is 0 Å². The third kappa shape index (κ3) is 6.12. The van der Waals surface area contributed by atoms with Gasteiger partial charge >= 0.3 is 0 Å². The molecular formula is C29H35N7O2. The van der Waals surface area contributed by atoms with E-state index in [1.165, 1.54) is 5.56 Å². The zero-order chi connectivity index (χ0) is 26.5. The number of carbonyl (C=O) groups is 1. The summed E-state index contributed by atoms with van der Waals surface area (Å²) in [6.45, 7) is 11.8. The summed E-state index contributed by atoms with van der Waals surface area (Å²) < 4.78 is 5.46. The minimum atomic E-state index is -0.231. The number of rotatable bonds is 8. The average molecular weight is 514 g/mol. The molecule has 2 aromatic heterocycles. The summed E-state index contributed by atoms with van der Waals surface area (Å²) in [6.07, 6.45) is 3.44. The highest BCUT2D eigenvalue weighted by Crippen LogP contribution is 2.32. The van der Waals surface area contributed by atoms with Gasteiger partial charge in [-0.05, 0) is 53.4 Å². The van der Waals surface area contributed by atoms with Crippen molar-refractivity contribution >= 4 is 39.7 Å². The number of fused-ring (bicyclic) bond motifs is 1. The fourth-order valence-electron chi connectivity index (χ4n) is 4.63. The molecule has 5 rings (SSSR count). The Hall–Kier alpha value is -3.95. The van der Waals surface area contributed by atoms with E-state index in [1.807, 2.05) is 30.3 Å². The van der Waals surface area contributed by atoms with Gasteiger partial charge in [-0.15, -0.1) is 0 Å². The van der Waals surface area contributed by atoms with Crippen LogP contribution in [0.25, 0.3) is 10.9 Å². The average Bonchev–Trinajstić information content (AvgIpc) is 3.37. The largest absolute Gasteiger partial charge is 0.383 e. The summed E-state index contributed by atoms with van der Waals surface area (Å²) in [4.78, 5) is 20.2. The van der Waals surface area contributed by atoms with Crippen LogP contribution >= 0.6 is 0 Å². The van der Waals surface area contributed by atoms with Gasteiger partial charge in [-0.2, -0.15) is 5.10 Å². The smallest absolute Gasteiger partial charge is 0.259 e. The number of hydrogen-bond donors (Lipinski definition) is 4. The van der Waals surface area contributed by atoms with Crippen molar-refractivity contribution in [1.82, 2.24) is 20.1 Å². The van der Waals surface area contributed by atoms with Crippen molar-refractivity contribution < 1.29 is 9.53 Å². The molecule has 0 unspecified atom stereocenters. The number of hydrogen-bond acceptors (Lipinski definition) is 7. The third-order valence-corrected chi connectivity index (χ3v) is 6.69. The Balaban J connectivity index is 1.31. The molecule has 1 saturated heterocycles. The van der Waals surface area contributed by atoms with Gasteiger partial charge in [0.2, 0.25) is 0 Å². The van der Waals surface area contributed by atoms with Crippen molar-refractivity contribution in [3.63, 3.8) is 0 Å². The van der Waals surface area contributed by atoms with Gasteiger partial charge in [0.05, 0.1) is 30.5 Å². The number of nitrogens with one attached hydrogen (secondary N) is 4. The van der Waals surface area contributed by atoms with E-state index in [9.17, 15) is 4.79 Å². The number of ether oxygens (including phenoxy) is 1. The number of morpholine rings is 1.